The van der Waals surface area contributed by atoms with Crippen molar-refractivity contribution in [2.45, 2.75) is 26.3 Å². The third kappa shape index (κ3) is 5.95. The summed E-state index contributed by atoms with van der Waals surface area (Å²) < 4.78 is 5.69. The van der Waals surface area contributed by atoms with Crippen molar-refractivity contribution in [2.24, 2.45) is 0 Å². The molecule has 0 saturated heterocycles. The van der Waals surface area contributed by atoms with E-state index in [1.54, 1.807) is 24.1 Å². The maximum absolute atomic E-state index is 12.7. The number of hydrogen-bond acceptors (Lipinski definition) is 3. The molecule has 1 unspecified atom stereocenters. The molecule has 0 bridgehead atoms. The zero-order valence-electron chi connectivity index (χ0n) is 18.2. The number of likely N-dealkylation sites (N-methyl/N-ethyl adjacent to an activating group) is 1. The van der Waals surface area contributed by atoms with Crippen LogP contribution in [0.2, 0.25) is 0 Å². The lowest BCUT2D eigenvalue weighted by atomic mass is 10.1. The highest BCUT2D eigenvalue weighted by Gasteiger charge is 2.18. The molecule has 0 radical (unpaired) electrons. The molecule has 2 amide bonds. The summed E-state index contributed by atoms with van der Waals surface area (Å²) in [6.07, 6.45) is 0.916. The fourth-order valence-electron chi connectivity index (χ4n) is 3.21. The van der Waals surface area contributed by atoms with E-state index in [9.17, 15) is 9.59 Å². The van der Waals surface area contributed by atoms with Crippen LogP contribution in [0, 0.1) is 0 Å². The highest BCUT2D eigenvalue weighted by Crippen LogP contribution is 2.23. The summed E-state index contributed by atoms with van der Waals surface area (Å²) in [5.74, 6) is 0.407. The number of carbonyl (C=O) groups is 2. The molecule has 0 saturated carbocycles. The molecule has 3 aromatic rings. The first-order valence-electron chi connectivity index (χ1n) is 10.4. The molecule has 0 heterocycles. The topological polar surface area (TPSA) is 58.6 Å². The molecule has 0 fully saturated rings. The minimum absolute atomic E-state index is 0.0293. The number of nitrogens with one attached hydrogen (secondary N) is 1. The lowest BCUT2D eigenvalue weighted by molar-refractivity contribution is -0.134. The van der Waals surface area contributed by atoms with Crippen molar-refractivity contribution < 1.29 is 14.3 Å². The van der Waals surface area contributed by atoms with Crippen molar-refractivity contribution in [3.63, 3.8) is 0 Å². The van der Waals surface area contributed by atoms with Crippen LogP contribution in [0.4, 0.5) is 5.69 Å². The van der Waals surface area contributed by atoms with Gasteiger partial charge in [0.1, 0.15) is 5.75 Å². The lowest BCUT2D eigenvalue weighted by Crippen LogP contribution is -2.33. The van der Waals surface area contributed by atoms with Crippen molar-refractivity contribution in [1.82, 2.24) is 4.90 Å². The Balaban J connectivity index is 1.61. The van der Waals surface area contributed by atoms with E-state index in [0.29, 0.717) is 17.0 Å². The van der Waals surface area contributed by atoms with Gasteiger partial charge in [0.15, 0.2) is 6.61 Å². The number of rotatable bonds is 8. The Morgan fingerprint density at radius 2 is 1.71 bits per heavy atom. The second-order valence-corrected chi connectivity index (χ2v) is 7.42. The maximum Gasteiger partial charge on any atom is 0.260 e. The SMILES string of the molecule is CCc1cccc(OCC(=O)N(C)C(C)c2cccc(NC(=O)c3ccccc3)c2)c1. The summed E-state index contributed by atoms with van der Waals surface area (Å²) in [5.41, 5.74) is 3.37. The Labute approximate surface area is 183 Å². The van der Waals surface area contributed by atoms with Crippen LogP contribution in [0.3, 0.4) is 0 Å². The molecular weight excluding hydrogens is 388 g/mol. The first-order valence-corrected chi connectivity index (χ1v) is 10.4. The predicted octanol–water partition coefficient (Wildman–Crippen LogP) is 5.10. The number of anilines is 1. The highest BCUT2D eigenvalue weighted by molar-refractivity contribution is 6.04. The van der Waals surface area contributed by atoms with E-state index in [4.69, 9.17) is 4.74 Å². The Morgan fingerprint density at radius 3 is 2.45 bits per heavy atom. The standard InChI is InChI=1S/C26H28N2O3/c1-4-20-10-8-15-24(16-20)31-18-25(29)28(3)19(2)22-13-9-14-23(17-22)27-26(30)21-11-6-5-7-12-21/h5-17,19H,4,18H2,1-3H3,(H,27,30). The second-order valence-electron chi connectivity index (χ2n) is 7.42. The molecule has 0 aliphatic carbocycles. The van der Waals surface area contributed by atoms with Crippen LogP contribution in [0.15, 0.2) is 78.9 Å². The van der Waals surface area contributed by atoms with E-state index in [0.717, 1.165) is 12.0 Å². The second kappa shape index (κ2) is 10.4. The van der Waals surface area contributed by atoms with Gasteiger partial charge in [-0.2, -0.15) is 0 Å². The Hall–Kier alpha value is -3.60. The van der Waals surface area contributed by atoms with Crippen molar-refractivity contribution in [3.8, 4) is 5.75 Å². The summed E-state index contributed by atoms with van der Waals surface area (Å²) in [5, 5.41) is 2.91. The zero-order valence-corrected chi connectivity index (χ0v) is 18.2. The minimum atomic E-state index is -0.174. The predicted molar refractivity (Wildman–Crippen MR) is 123 cm³/mol. The van der Waals surface area contributed by atoms with Gasteiger partial charge in [0.05, 0.1) is 6.04 Å². The molecule has 160 valence electrons. The Morgan fingerprint density at radius 1 is 0.968 bits per heavy atom. The van der Waals surface area contributed by atoms with Crippen LogP contribution in [0.25, 0.3) is 0 Å². The molecule has 3 rings (SSSR count). The summed E-state index contributed by atoms with van der Waals surface area (Å²) in [6, 6.07) is 24.2. The highest BCUT2D eigenvalue weighted by atomic mass is 16.5. The van der Waals surface area contributed by atoms with Gasteiger partial charge in [-0.15, -0.1) is 0 Å². The number of nitrogens with zero attached hydrogens (tertiary/aromatic N) is 1. The summed E-state index contributed by atoms with van der Waals surface area (Å²) >= 11 is 0. The normalized spacial score (nSPS) is 11.5. The smallest absolute Gasteiger partial charge is 0.260 e. The van der Waals surface area contributed by atoms with E-state index < -0.39 is 0 Å². The molecule has 31 heavy (non-hydrogen) atoms. The number of ether oxygens (including phenoxy) is 1. The third-order valence-electron chi connectivity index (χ3n) is 5.31. The van der Waals surface area contributed by atoms with E-state index >= 15 is 0 Å². The molecule has 0 aliphatic rings. The lowest BCUT2D eigenvalue weighted by Gasteiger charge is -2.26. The fourth-order valence-corrected chi connectivity index (χ4v) is 3.21. The number of carbonyl (C=O) groups excluding carboxylic acids is 2. The first-order chi connectivity index (χ1) is 15.0. The van der Waals surface area contributed by atoms with Gasteiger partial charge >= 0.3 is 0 Å². The molecule has 3 aromatic carbocycles. The quantitative estimate of drug-likeness (QED) is 0.556. The van der Waals surface area contributed by atoms with Crippen molar-refractivity contribution in [2.75, 3.05) is 19.0 Å². The van der Waals surface area contributed by atoms with Gasteiger partial charge in [-0.3, -0.25) is 9.59 Å². The maximum atomic E-state index is 12.7. The number of benzene rings is 3. The monoisotopic (exact) mass is 416 g/mol. The van der Waals surface area contributed by atoms with Gasteiger partial charge in [0.2, 0.25) is 0 Å². The first kappa shape index (κ1) is 22.1. The van der Waals surface area contributed by atoms with Crippen LogP contribution in [0.1, 0.15) is 41.4 Å². The van der Waals surface area contributed by atoms with Crippen LogP contribution < -0.4 is 10.1 Å². The van der Waals surface area contributed by atoms with Gasteiger partial charge in [-0.1, -0.05) is 49.4 Å². The number of amides is 2. The minimum Gasteiger partial charge on any atom is -0.484 e. The van der Waals surface area contributed by atoms with E-state index in [2.05, 4.69) is 12.2 Å². The number of hydrogen-bond donors (Lipinski definition) is 1. The molecule has 1 N–H and O–H groups in total. The van der Waals surface area contributed by atoms with Crippen molar-refractivity contribution in [3.05, 3.63) is 95.6 Å². The summed E-state index contributed by atoms with van der Waals surface area (Å²) in [6.45, 7) is 4.00. The molecule has 5 heteroatoms. The molecule has 0 aliphatic heterocycles. The molecular formula is C26H28N2O3. The van der Waals surface area contributed by atoms with Gasteiger partial charge in [0.25, 0.3) is 11.8 Å². The van der Waals surface area contributed by atoms with Gasteiger partial charge < -0.3 is 15.0 Å². The largest absolute Gasteiger partial charge is 0.484 e. The molecule has 0 aromatic heterocycles. The Bertz CT molecular complexity index is 1030. The van der Waals surface area contributed by atoms with E-state index in [1.165, 1.54) is 5.56 Å². The van der Waals surface area contributed by atoms with Crippen LogP contribution in [-0.4, -0.2) is 30.4 Å². The van der Waals surface area contributed by atoms with Crippen LogP contribution >= 0.6 is 0 Å². The van der Waals surface area contributed by atoms with Gasteiger partial charge in [-0.05, 0) is 60.9 Å². The van der Waals surface area contributed by atoms with E-state index in [1.807, 2.05) is 73.7 Å². The average Bonchev–Trinajstić information content (AvgIpc) is 2.82. The number of aryl methyl sites for hydroxylation is 1. The van der Waals surface area contributed by atoms with Crippen LogP contribution in [0.5, 0.6) is 5.75 Å². The van der Waals surface area contributed by atoms with E-state index in [-0.39, 0.29) is 24.5 Å². The van der Waals surface area contributed by atoms with Crippen molar-refractivity contribution in [1.29, 1.82) is 0 Å². The van der Waals surface area contributed by atoms with Crippen molar-refractivity contribution >= 4 is 17.5 Å². The third-order valence-corrected chi connectivity index (χ3v) is 5.31. The van der Waals surface area contributed by atoms with Crippen LogP contribution in [-0.2, 0) is 11.2 Å². The Kier molecular flexibility index (Phi) is 7.44. The molecule has 5 nitrogen and oxygen atoms in total. The summed E-state index contributed by atoms with van der Waals surface area (Å²) in [4.78, 5) is 26.7. The summed E-state index contributed by atoms with van der Waals surface area (Å²) in [7, 11) is 1.76. The molecule has 1 atom stereocenters. The molecule has 0 spiro atoms. The zero-order chi connectivity index (χ0) is 22.2. The fraction of sp³-hybridized carbons (Fsp3) is 0.231. The van der Waals surface area contributed by atoms with Gasteiger partial charge in [-0.25, -0.2) is 0 Å². The average molecular weight is 417 g/mol. The van der Waals surface area contributed by atoms with Gasteiger partial charge in [0, 0.05) is 18.3 Å².